The van der Waals surface area contributed by atoms with Crippen LogP contribution in [-0.2, 0) is 0 Å². The Bertz CT molecular complexity index is 1000. The highest BCUT2D eigenvalue weighted by atomic mass is 19.3. The zero-order chi connectivity index (χ0) is 21.5. The van der Waals surface area contributed by atoms with Crippen LogP contribution in [0.4, 0.5) is 14.5 Å². The minimum absolute atomic E-state index is 0.0448. The van der Waals surface area contributed by atoms with Crippen molar-refractivity contribution in [2.24, 2.45) is 10.1 Å². The lowest BCUT2D eigenvalue weighted by Crippen LogP contribution is -2.15. The van der Waals surface area contributed by atoms with Crippen molar-refractivity contribution in [1.29, 1.82) is 0 Å². The Balaban J connectivity index is 1.60. The van der Waals surface area contributed by atoms with E-state index in [4.69, 9.17) is 0 Å². The number of nitrogens with zero attached hydrogens (tertiary/aromatic N) is 3. The number of benzene rings is 1. The van der Waals surface area contributed by atoms with Crippen molar-refractivity contribution < 1.29 is 13.6 Å². The molecule has 1 aromatic heterocycles. The van der Waals surface area contributed by atoms with Crippen molar-refractivity contribution >= 4 is 23.1 Å². The lowest BCUT2D eigenvalue weighted by Gasteiger charge is -2.14. The summed E-state index contributed by atoms with van der Waals surface area (Å²) in [5.41, 5.74) is 5.10. The fourth-order valence-electron chi connectivity index (χ4n) is 2.76. The Kier molecular flexibility index (Phi) is 6.84. The molecule has 3 N–H and O–H groups in total. The standard InChI is InChI=1S/C21H22F2N6O/c1-13-8-19(29-28-13)26-7-6-25-14(2)15-4-3-5-18(10-15)27-21(30)17-9-16(20(22)23)11-24-12-17/h3-7,9-12,14,20,25H,8H2,1-2H3,(H,26,29)(H,27,30). The van der Waals surface area contributed by atoms with Gasteiger partial charge in [0.25, 0.3) is 12.3 Å². The summed E-state index contributed by atoms with van der Waals surface area (Å²) in [5.74, 6) is 0.286. The molecule has 2 aromatic rings. The molecule has 30 heavy (non-hydrogen) atoms. The summed E-state index contributed by atoms with van der Waals surface area (Å²) < 4.78 is 25.6. The molecule has 1 aliphatic rings. The van der Waals surface area contributed by atoms with Crippen LogP contribution in [0.15, 0.2) is 65.2 Å². The first-order chi connectivity index (χ1) is 14.4. The normalized spacial score (nSPS) is 15.9. The van der Waals surface area contributed by atoms with Crippen LogP contribution in [0.2, 0.25) is 0 Å². The quantitative estimate of drug-likeness (QED) is 0.637. The molecular formula is C21H22F2N6O. The second-order valence-corrected chi connectivity index (χ2v) is 6.80. The zero-order valence-corrected chi connectivity index (χ0v) is 16.6. The van der Waals surface area contributed by atoms with E-state index in [2.05, 4.69) is 31.1 Å². The Hall–Kier alpha value is -3.62. The highest BCUT2D eigenvalue weighted by Crippen LogP contribution is 2.20. The van der Waals surface area contributed by atoms with E-state index in [0.717, 1.165) is 29.4 Å². The summed E-state index contributed by atoms with van der Waals surface area (Å²) >= 11 is 0. The first kappa shape index (κ1) is 21.1. The molecule has 9 heteroatoms. The number of hydrazone groups is 1. The maximum absolute atomic E-state index is 12.8. The molecule has 0 saturated carbocycles. The minimum atomic E-state index is -2.68. The van der Waals surface area contributed by atoms with Crippen LogP contribution in [0.25, 0.3) is 0 Å². The van der Waals surface area contributed by atoms with Gasteiger partial charge in [0, 0.05) is 54.2 Å². The van der Waals surface area contributed by atoms with Gasteiger partial charge in [-0.1, -0.05) is 12.1 Å². The zero-order valence-electron chi connectivity index (χ0n) is 16.6. The topological polar surface area (TPSA) is 90.8 Å². The van der Waals surface area contributed by atoms with E-state index in [9.17, 15) is 13.6 Å². The summed E-state index contributed by atoms with van der Waals surface area (Å²) in [5, 5.41) is 9.98. The van der Waals surface area contributed by atoms with Crippen LogP contribution in [-0.4, -0.2) is 22.4 Å². The van der Waals surface area contributed by atoms with Gasteiger partial charge in [-0.3, -0.25) is 15.2 Å². The number of pyridine rings is 1. The number of hydrogen-bond donors (Lipinski definition) is 3. The van der Waals surface area contributed by atoms with E-state index in [1.165, 1.54) is 6.20 Å². The van der Waals surface area contributed by atoms with E-state index in [1.807, 2.05) is 32.0 Å². The molecule has 3 rings (SSSR count). The van der Waals surface area contributed by atoms with Crippen molar-refractivity contribution in [3.8, 4) is 0 Å². The fraction of sp³-hybridized carbons (Fsp3) is 0.238. The van der Waals surface area contributed by atoms with Crippen molar-refractivity contribution in [2.75, 3.05) is 5.32 Å². The molecule has 1 amide bonds. The molecule has 156 valence electrons. The van der Waals surface area contributed by atoms with E-state index < -0.39 is 12.3 Å². The number of amides is 1. The first-order valence-corrected chi connectivity index (χ1v) is 9.33. The van der Waals surface area contributed by atoms with E-state index >= 15 is 0 Å². The van der Waals surface area contributed by atoms with E-state index in [0.29, 0.717) is 12.1 Å². The van der Waals surface area contributed by atoms with Gasteiger partial charge in [-0.25, -0.2) is 13.8 Å². The van der Waals surface area contributed by atoms with E-state index in [-0.39, 0.29) is 17.2 Å². The summed E-state index contributed by atoms with van der Waals surface area (Å²) in [6, 6.07) is 8.37. The van der Waals surface area contributed by atoms with Gasteiger partial charge in [-0.2, -0.15) is 5.10 Å². The molecule has 1 atom stereocenters. The molecule has 0 bridgehead atoms. The lowest BCUT2D eigenvalue weighted by atomic mass is 10.1. The number of alkyl halides is 2. The number of nitrogens with one attached hydrogen (secondary N) is 3. The molecular weight excluding hydrogens is 390 g/mol. The van der Waals surface area contributed by atoms with Crippen molar-refractivity contribution in [3.63, 3.8) is 0 Å². The Morgan fingerprint density at radius 1 is 1.27 bits per heavy atom. The van der Waals surface area contributed by atoms with Gasteiger partial charge >= 0.3 is 0 Å². The molecule has 1 aromatic carbocycles. The van der Waals surface area contributed by atoms with Gasteiger partial charge in [-0.05, 0) is 37.6 Å². The average Bonchev–Trinajstić information content (AvgIpc) is 3.16. The molecule has 0 spiro atoms. The van der Waals surface area contributed by atoms with Crippen LogP contribution >= 0.6 is 0 Å². The van der Waals surface area contributed by atoms with Crippen LogP contribution < -0.4 is 16.1 Å². The van der Waals surface area contributed by atoms with Crippen LogP contribution in [0.3, 0.4) is 0 Å². The number of amidine groups is 1. The lowest BCUT2D eigenvalue weighted by molar-refractivity contribution is 0.102. The summed E-state index contributed by atoms with van der Waals surface area (Å²) in [6.07, 6.45) is 3.72. The predicted octanol–water partition coefficient (Wildman–Crippen LogP) is 4.16. The van der Waals surface area contributed by atoms with Crippen LogP contribution in [0.5, 0.6) is 0 Å². The number of carbonyl (C=O) groups is 1. The summed E-state index contributed by atoms with van der Waals surface area (Å²) in [7, 11) is 0. The van der Waals surface area contributed by atoms with Gasteiger partial charge in [-0.15, -0.1) is 0 Å². The van der Waals surface area contributed by atoms with Gasteiger partial charge in [0.05, 0.1) is 5.56 Å². The van der Waals surface area contributed by atoms with Crippen molar-refractivity contribution in [3.05, 3.63) is 71.8 Å². The highest BCUT2D eigenvalue weighted by Gasteiger charge is 2.13. The van der Waals surface area contributed by atoms with Crippen molar-refractivity contribution in [2.45, 2.75) is 32.7 Å². The molecule has 0 aliphatic carbocycles. The fourth-order valence-corrected chi connectivity index (χ4v) is 2.76. The molecule has 1 unspecified atom stereocenters. The number of halogens is 2. The molecule has 0 radical (unpaired) electrons. The van der Waals surface area contributed by atoms with Gasteiger partial charge in [0.15, 0.2) is 0 Å². The number of hydrogen-bond acceptors (Lipinski definition) is 5. The van der Waals surface area contributed by atoms with Gasteiger partial charge < -0.3 is 10.6 Å². The number of carbonyl (C=O) groups excluding carboxylic acids is 1. The third kappa shape index (κ3) is 5.69. The molecule has 0 saturated heterocycles. The van der Waals surface area contributed by atoms with Crippen LogP contribution in [0.1, 0.15) is 54.2 Å². The maximum atomic E-state index is 12.8. The second-order valence-electron chi connectivity index (χ2n) is 6.80. The number of anilines is 1. The average molecular weight is 412 g/mol. The highest BCUT2D eigenvalue weighted by molar-refractivity contribution is 6.06. The third-order valence-electron chi connectivity index (χ3n) is 4.37. The number of aliphatic imine (C=N–C) groups is 1. The van der Waals surface area contributed by atoms with E-state index in [1.54, 1.807) is 18.5 Å². The third-order valence-corrected chi connectivity index (χ3v) is 4.37. The first-order valence-electron chi connectivity index (χ1n) is 9.33. The monoisotopic (exact) mass is 412 g/mol. The second kappa shape index (κ2) is 9.73. The molecule has 7 nitrogen and oxygen atoms in total. The summed E-state index contributed by atoms with van der Waals surface area (Å²) in [4.78, 5) is 20.4. The summed E-state index contributed by atoms with van der Waals surface area (Å²) in [6.45, 7) is 3.90. The van der Waals surface area contributed by atoms with Gasteiger partial charge in [0.2, 0.25) is 0 Å². The Morgan fingerprint density at radius 2 is 2.10 bits per heavy atom. The SMILES string of the molecule is CC1=NNC(=NC=CNC(C)c2cccc(NC(=O)c3cncc(C(F)F)c3)c2)C1. The predicted molar refractivity (Wildman–Crippen MR) is 113 cm³/mol. The maximum Gasteiger partial charge on any atom is 0.265 e. The number of rotatable bonds is 7. The van der Waals surface area contributed by atoms with Crippen LogP contribution in [0, 0.1) is 0 Å². The Labute approximate surface area is 173 Å². The molecule has 0 fully saturated rings. The minimum Gasteiger partial charge on any atom is -0.383 e. The Morgan fingerprint density at radius 3 is 2.83 bits per heavy atom. The number of aromatic nitrogens is 1. The largest absolute Gasteiger partial charge is 0.383 e. The molecule has 2 heterocycles. The molecule has 1 aliphatic heterocycles. The van der Waals surface area contributed by atoms with Gasteiger partial charge in [0.1, 0.15) is 5.84 Å². The smallest absolute Gasteiger partial charge is 0.265 e. The van der Waals surface area contributed by atoms with Crippen molar-refractivity contribution in [1.82, 2.24) is 15.7 Å².